The second kappa shape index (κ2) is 6.86. The number of phenols is 1. The van der Waals surface area contributed by atoms with Crippen LogP contribution in [0.1, 0.15) is 17.2 Å². The molecule has 158 valence electrons. The number of nitrogens with two attached hydrogens (primary N) is 1. The SMILES string of the molecule is Nc1ncnc2c1c(-c1cc(O)cc(OC(F)(F)F)c1)nn2C1Cc2ccccc2C1. The largest absolute Gasteiger partial charge is 0.573 e. The van der Waals surface area contributed by atoms with Gasteiger partial charge < -0.3 is 15.6 Å². The highest BCUT2D eigenvalue weighted by Crippen LogP contribution is 2.39. The van der Waals surface area contributed by atoms with Crippen LogP contribution in [0.5, 0.6) is 11.5 Å². The molecule has 2 heterocycles. The van der Waals surface area contributed by atoms with Gasteiger partial charge in [-0.15, -0.1) is 13.2 Å². The molecule has 2 aromatic heterocycles. The van der Waals surface area contributed by atoms with Crippen molar-refractivity contribution in [2.24, 2.45) is 0 Å². The van der Waals surface area contributed by atoms with Gasteiger partial charge in [0.25, 0.3) is 0 Å². The Hall–Kier alpha value is -3.82. The minimum atomic E-state index is -4.90. The minimum absolute atomic E-state index is 0.0360. The number of phenolic OH excluding ortho intramolecular Hbond substituents is 1. The van der Waals surface area contributed by atoms with Gasteiger partial charge in [-0.05, 0) is 36.1 Å². The Bertz CT molecular complexity index is 1280. The number of aromatic nitrogens is 4. The molecule has 1 aliphatic carbocycles. The molecule has 0 spiro atoms. The maximum Gasteiger partial charge on any atom is 0.573 e. The van der Waals surface area contributed by atoms with Gasteiger partial charge in [0.2, 0.25) is 0 Å². The summed E-state index contributed by atoms with van der Waals surface area (Å²) in [5, 5.41) is 15.0. The van der Waals surface area contributed by atoms with Gasteiger partial charge in [0.15, 0.2) is 5.65 Å². The normalized spacial score (nSPS) is 14.2. The lowest BCUT2D eigenvalue weighted by Gasteiger charge is -2.11. The van der Waals surface area contributed by atoms with Gasteiger partial charge in [-0.25, -0.2) is 14.6 Å². The number of alkyl halides is 3. The highest BCUT2D eigenvalue weighted by atomic mass is 19.4. The van der Waals surface area contributed by atoms with Crippen molar-refractivity contribution in [2.45, 2.75) is 25.2 Å². The zero-order valence-corrected chi connectivity index (χ0v) is 16.0. The number of rotatable bonds is 3. The summed E-state index contributed by atoms with van der Waals surface area (Å²) in [4.78, 5) is 8.35. The number of nitrogen functional groups attached to an aromatic ring is 1. The molecule has 7 nitrogen and oxygen atoms in total. The molecule has 3 N–H and O–H groups in total. The van der Waals surface area contributed by atoms with Crippen LogP contribution >= 0.6 is 0 Å². The summed E-state index contributed by atoms with van der Waals surface area (Å²) in [6.45, 7) is 0. The van der Waals surface area contributed by atoms with Gasteiger partial charge in [0.05, 0.1) is 11.4 Å². The number of hydrogen-bond donors (Lipinski definition) is 2. The van der Waals surface area contributed by atoms with Crippen molar-refractivity contribution in [1.82, 2.24) is 19.7 Å². The van der Waals surface area contributed by atoms with Crippen molar-refractivity contribution in [3.05, 3.63) is 59.9 Å². The van der Waals surface area contributed by atoms with E-state index in [9.17, 15) is 18.3 Å². The first-order chi connectivity index (χ1) is 14.8. The van der Waals surface area contributed by atoms with Gasteiger partial charge in [-0.3, -0.25) is 0 Å². The predicted octanol–water partition coefficient (Wildman–Crippen LogP) is 4.02. The monoisotopic (exact) mass is 427 g/mol. The van der Waals surface area contributed by atoms with Gasteiger partial charge >= 0.3 is 6.36 Å². The molecule has 4 aromatic rings. The summed E-state index contributed by atoms with van der Waals surface area (Å²) in [5.41, 5.74) is 9.46. The quantitative estimate of drug-likeness (QED) is 0.512. The van der Waals surface area contributed by atoms with Crippen LogP contribution in [0, 0.1) is 0 Å². The number of halogens is 3. The highest BCUT2D eigenvalue weighted by molar-refractivity contribution is 5.98. The molecule has 0 amide bonds. The average Bonchev–Trinajstić information content (AvgIpc) is 3.28. The highest BCUT2D eigenvalue weighted by Gasteiger charge is 2.32. The molecule has 0 aliphatic heterocycles. The first-order valence-corrected chi connectivity index (χ1v) is 9.44. The molecule has 0 unspecified atom stereocenters. The Morgan fingerprint density at radius 2 is 1.77 bits per heavy atom. The summed E-state index contributed by atoms with van der Waals surface area (Å²) in [7, 11) is 0. The molecule has 0 bridgehead atoms. The lowest BCUT2D eigenvalue weighted by atomic mass is 10.1. The van der Waals surface area contributed by atoms with Crippen LogP contribution in [0.4, 0.5) is 19.0 Å². The van der Waals surface area contributed by atoms with E-state index < -0.39 is 17.9 Å². The van der Waals surface area contributed by atoms with E-state index in [0.29, 0.717) is 11.0 Å². The molecule has 0 saturated heterocycles. The van der Waals surface area contributed by atoms with Crippen molar-refractivity contribution in [3.8, 4) is 22.8 Å². The van der Waals surface area contributed by atoms with Crippen molar-refractivity contribution < 1.29 is 23.0 Å². The van der Waals surface area contributed by atoms with Crippen molar-refractivity contribution in [1.29, 1.82) is 0 Å². The lowest BCUT2D eigenvalue weighted by Crippen LogP contribution is -2.17. The topological polar surface area (TPSA) is 99.1 Å². The van der Waals surface area contributed by atoms with E-state index in [1.165, 1.54) is 23.5 Å². The van der Waals surface area contributed by atoms with Crippen LogP contribution in [0.25, 0.3) is 22.3 Å². The molecule has 0 fully saturated rings. The summed E-state index contributed by atoms with van der Waals surface area (Å²) in [6, 6.07) is 11.4. The number of ether oxygens (including phenoxy) is 1. The van der Waals surface area contributed by atoms with Gasteiger partial charge in [-0.2, -0.15) is 5.10 Å². The Morgan fingerprint density at radius 1 is 1.06 bits per heavy atom. The summed E-state index contributed by atoms with van der Waals surface area (Å²) >= 11 is 0. The fourth-order valence-electron chi connectivity index (χ4n) is 4.07. The number of anilines is 1. The second-order valence-electron chi connectivity index (χ2n) is 7.34. The average molecular weight is 427 g/mol. The summed E-state index contributed by atoms with van der Waals surface area (Å²) in [6.07, 6.45) is -2.11. The van der Waals surface area contributed by atoms with E-state index in [-0.39, 0.29) is 23.1 Å². The van der Waals surface area contributed by atoms with Gasteiger partial charge in [-0.1, -0.05) is 24.3 Å². The molecule has 0 atom stereocenters. The zero-order chi connectivity index (χ0) is 21.8. The van der Waals surface area contributed by atoms with Crippen LogP contribution in [0.15, 0.2) is 48.8 Å². The molecule has 0 radical (unpaired) electrons. The third kappa shape index (κ3) is 3.49. The third-order valence-electron chi connectivity index (χ3n) is 5.29. The second-order valence-corrected chi connectivity index (χ2v) is 7.34. The number of benzene rings is 2. The van der Waals surface area contributed by atoms with Crippen molar-refractivity contribution in [3.63, 3.8) is 0 Å². The standard InChI is InChI=1S/C21H16F3N5O2/c22-21(23,24)31-16-8-13(7-15(30)9-16)18-17-19(25)26-10-27-20(17)29(28-18)14-5-11-3-1-2-4-12(11)6-14/h1-4,7-10,14,30H,5-6H2,(H2,25,26,27). The number of nitrogens with zero attached hydrogens (tertiary/aromatic N) is 4. The minimum Gasteiger partial charge on any atom is -0.508 e. The van der Waals surface area contributed by atoms with E-state index in [1.807, 2.05) is 12.1 Å². The Morgan fingerprint density at radius 3 is 2.45 bits per heavy atom. The van der Waals surface area contributed by atoms with E-state index in [0.717, 1.165) is 25.0 Å². The first-order valence-electron chi connectivity index (χ1n) is 9.44. The smallest absolute Gasteiger partial charge is 0.508 e. The van der Waals surface area contributed by atoms with Crippen molar-refractivity contribution >= 4 is 16.9 Å². The van der Waals surface area contributed by atoms with Crippen LogP contribution in [0.2, 0.25) is 0 Å². The number of hydrogen-bond acceptors (Lipinski definition) is 6. The predicted molar refractivity (Wildman–Crippen MR) is 106 cm³/mol. The fourth-order valence-corrected chi connectivity index (χ4v) is 4.07. The van der Waals surface area contributed by atoms with Crippen molar-refractivity contribution in [2.75, 3.05) is 5.73 Å². The Labute approximate surface area is 173 Å². The van der Waals surface area contributed by atoms with E-state index >= 15 is 0 Å². The molecular weight excluding hydrogens is 411 g/mol. The van der Waals surface area contributed by atoms with E-state index in [1.54, 1.807) is 4.68 Å². The number of fused-ring (bicyclic) bond motifs is 2. The molecule has 10 heteroatoms. The molecule has 1 aliphatic rings. The lowest BCUT2D eigenvalue weighted by molar-refractivity contribution is -0.274. The van der Waals surface area contributed by atoms with Crippen LogP contribution in [-0.4, -0.2) is 31.2 Å². The van der Waals surface area contributed by atoms with Crippen LogP contribution in [0.3, 0.4) is 0 Å². The molecule has 31 heavy (non-hydrogen) atoms. The maximum atomic E-state index is 12.7. The molecule has 0 saturated carbocycles. The van der Waals surface area contributed by atoms with Gasteiger partial charge in [0.1, 0.15) is 29.3 Å². The first kappa shape index (κ1) is 19.2. The molecule has 5 rings (SSSR count). The third-order valence-corrected chi connectivity index (χ3v) is 5.29. The van der Waals surface area contributed by atoms with Crippen LogP contribution in [-0.2, 0) is 12.8 Å². The summed E-state index contributed by atoms with van der Waals surface area (Å²) in [5.74, 6) is -0.819. The number of aromatic hydroxyl groups is 1. The van der Waals surface area contributed by atoms with Crippen LogP contribution < -0.4 is 10.5 Å². The molecule has 2 aromatic carbocycles. The fraction of sp³-hybridized carbons (Fsp3) is 0.190. The van der Waals surface area contributed by atoms with Gasteiger partial charge in [0, 0.05) is 11.6 Å². The summed E-state index contributed by atoms with van der Waals surface area (Å²) < 4.78 is 43.8. The Balaban J connectivity index is 1.64. The Kier molecular flexibility index (Phi) is 4.24. The van der Waals surface area contributed by atoms with E-state index in [4.69, 9.17) is 5.73 Å². The zero-order valence-electron chi connectivity index (χ0n) is 16.0. The molecular formula is C21H16F3N5O2. The van der Waals surface area contributed by atoms with E-state index in [2.05, 4.69) is 31.9 Å². The maximum absolute atomic E-state index is 12.7.